The van der Waals surface area contributed by atoms with Crippen molar-refractivity contribution < 1.29 is 4.74 Å². The number of fused-ring (bicyclic) bond motifs is 1. The SMILES string of the molecule is CCC1CN2CCCC2CN1c1ccc(OC)c(Br)c1. The summed E-state index contributed by atoms with van der Waals surface area (Å²) in [5.74, 6) is 0.904. The second-order valence-corrected chi connectivity index (χ2v) is 6.68. The minimum atomic E-state index is 0.629. The van der Waals surface area contributed by atoms with Gasteiger partial charge < -0.3 is 9.64 Å². The summed E-state index contributed by atoms with van der Waals surface area (Å²) >= 11 is 3.61. The number of piperazine rings is 1. The average molecular weight is 339 g/mol. The molecule has 2 aliphatic heterocycles. The molecule has 2 aliphatic rings. The van der Waals surface area contributed by atoms with E-state index < -0.39 is 0 Å². The van der Waals surface area contributed by atoms with Crippen molar-refractivity contribution >= 4 is 21.6 Å². The molecule has 1 aromatic rings. The van der Waals surface area contributed by atoms with E-state index in [0.717, 1.165) is 22.8 Å². The lowest BCUT2D eigenvalue weighted by molar-refractivity contribution is 0.194. The Morgan fingerprint density at radius 1 is 1.35 bits per heavy atom. The smallest absolute Gasteiger partial charge is 0.133 e. The molecule has 110 valence electrons. The molecule has 3 nitrogen and oxygen atoms in total. The first-order chi connectivity index (χ1) is 9.72. The van der Waals surface area contributed by atoms with E-state index >= 15 is 0 Å². The fraction of sp³-hybridized carbons (Fsp3) is 0.625. The third-order valence-corrected chi connectivity index (χ3v) is 5.35. The minimum absolute atomic E-state index is 0.629. The lowest BCUT2D eigenvalue weighted by Crippen LogP contribution is -2.56. The van der Waals surface area contributed by atoms with Gasteiger partial charge in [-0.05, 0) is 59.9 Å². The number of benzene rings is 1. The molecular weight excluding hydrogens is 316 g/mol. The predicted octanol–water partition coefficient (Wildman–Crippen LogP) is 3.52. The number of anilines is 1. The van der Waals surface area contributed by atoms with E-state index in [1.54, 1.807) is 7.11 Å². The maximum Gasteiger partial charge on any atom is 0.133 e. The van der Waals surface area contributed by atoms with E-state index in [1.165, 1.54) is 38.0 Å². The number of hydrogen-bond acceptors (Lipinski definition) is 3. The molecule has 0 radical (unpaired) electrons. The Balaban J connectivity index is 1.85. The Bertz CT molecular complexity index is 480. The van der Waals surface area contributed by atoms with Gasteiger partial charge >= 0.3 is 0 Å². The van der Waals surface area contributed by atoms with Gasteiger partial charge in [-0.2, -0.15) is 0 Å². The molecule has 2 saturated heterocycles. The van der Waals surface area contributed by atoms with Crippen molar-refractivity contribution in [3.05, 3.63) is 22.7 Å². The molecule has 0 bridgehead atoms. The van der Waals surface area contributed by atoms with Gasteiger partial charge in [-0.1, -0.05) is 6.92 Å². The van der Waals surface area contributed by atoms with Crippen LogP contribution in [0.25, 0.3) is 0 Å². The van der Waals surface area contributed by atoms with Crippen LogP contribution in [0, 0.1) is 0 Å². The number of hydrogen-bond donors (Lipinski definition) is 0. The van der Waals surface area contributed by atoms with Crippen molar-refractivity contribution in [3.8, 4) is 5.75 Å². The van der Waals surface area contributed by atoms with Gasteiger partial charge in [0.25, 0.3) is 0 Å². The molecule has 2 heterocycles. The molecule has 2 unspecified atom stereocenters. The Morgan fingerprint density at radius 3 is 2.90 bits per heavy atom. The molecule has 0 N–H and O–H groups in total. The van der Waals surface area contributed by atoms with Crippen LogP contribution >= 0.6 is 15.9 Å². The first-order valence-electron chi connectivity index (χ1n) is 7.57. The van der Waals surface area contributed by atoms with Gasteiger partial charge in [0.2, 0.25) is 0 Å². The van der Waals surface area contributed by atoms with Gasteiger partial charge in [-0.15, -0.1) is 0 Å². The summed E-state index contributed by atoms with van der Waals surface area (Å²) in [5, 5.41) is 0. The predicted molar refractivity (Wildman–Crippen MR) is 86.7 cm³/mol. The van der Waals surface area contributed by atoms with Gasteiger partial charge in [-0.3, -0.25) is 4.90 Å². The van der Waals surface area contributed by atoms with Crippen LogP contribution in [0.3, 0.4) is 0 Å². The largest absolute Gasteiger partial charge is 0.496 e. The highest BCUT2D eigenvalue weighted by molar-refractivity contribution is 9.10. The van der Waals surface area contributed by atoms with E-state index in [9.17, 15) is 0 Å². The quantitative estimate of drug-likeness (QED) is 0.838. The summed E-state index contributed by atoms with van der Waals surface area (Å²) in [6.07, 6.45) is 3.92. The van der Waals surface area contributed by atoms with Crippen molar-refractivity contribution in [2.75, 3.05) is 31.6 Å². The highest BCUT2D eigenvalue weighted by Crippen LogP contribution is 2.34. The van der Waals surface area contributed by atoms with Crippen molar-refractivity contribution in [2.45, 2.75) is 38.3 Å². The molecule has 4 heteroatoms. The van der Waals surface area contributed by atoms with Crippen LogP contribution in [0.5, 0.6) is 5.75 Å². The molecule has 20 heavy (non-hydrogen) atoms. The lowest BCUT2D eigenvalue weighted by atomic mass is 10.0. The Hall–Kier alpha value is -0.740. The van der Waals surface area contributed by atoms with Gasteiger partial charge in [0.1, 0.15) is 5.75 Å². The van der Waals surface area contributed by atoms with Gasteiger partial charge in [-0.25, -0.2) is 0 Å². The van der Waals surface area contributed by atoms with Crippen LogP contribution in [0.1, 0.15) is 26.2 Å². The monoisotopic (exact) mass is 338 g/mol. The minimum Gasteiger partial charge on any atom is -0.496 e. The van der Waals surface area contributed by atoms with Crippen molar-refractivity contribution in [2.24, 2.45) is 0 Å². The summed E-state index contributed by atoms with van der Waals surface area (Å²) in [7, 11) is 1.71. The average Bonchev–Trinajstić information content (AvgIpc) is 2.92. The zero-order valence-corrected chi connectivity index (χ0v) is 13.9. The van der Waals surface area contributed by atoms with Gasteiger partial charge in [0.15, 0.2) is 0 Å². The van der Waals surface area contributed by atoms with Crippen LogP contribution in [-0.4, -0.2) is 43.7 Å². The molecule has 0 saturated carbocycles. The van der Waals surface area contributed by atoms with Gasteiger partial charge in [0.05, 0.1) is 11.6 Å². The topological polar surface area (TPSA) is 15.7 Å². The highest BCUT2D eigenvalue weighted by Gasteiger charge is 2.35. The summed E-state index contributed by atoms with van der Waals surface area (Å²) in [4.78, 5) is 5.28. The Labute approximate surface area is 130 Å². The number of methoxy groups -OCH3 is 1. The van der Waals surface area contributed by atoms with Crippen molar-refractivity contribution in [1.82, 2.24) is 4.90 Å². The first-order valence-corrected chi connectivity index (χ1v) is 8.36. The second kappa shape index (κ2) is 5.94. The Kier molecular flexibility index (Phi) is 4.22. The van der Waals surface area contributed by atoms with E-state index in [2.05, 4.69) is 50.9 Å². The maximum atomic E-state index is 5.34. The van der Waals surface area contributed by atoms with Crippen LogP contribution in [0.4, 0.5) is 5.69 Å². The van der Waals surface area contributed by atoms with Gasteiger partial charge in [0, 0.05) is 30.9 Å². The summed E-state index contributed by atoms with van der Waals surface area (Å²) in [6, 6.07) is 7.83. The van der Waals surface area contributed by atoms with Crippen molar-refractivity contribution in [1.29, 1.82) is 0 Å². The molecule has 0 aromatic heterocycles. The Morgan fingerprint density at radius 2 is 2.20 bits per heavy atom. The van der Waals surface area contributed by atoms with Crippen LogP contribution in [0.15, 0.2) is 22.7 Å². The van der Waals surface area contributed by atoms with E-state index in [-0.39, 0.29) is 0 Å². The van der Waals surface area contributed by atoms with E-state index in [0.29, 0.717) is 6.04 Å². The number of ether oxygens (including phenoxy) is 1. The molecular formula is C16H23BrN2O. The van der Waals surface area contributed by atoms with E-state index in [4.69, 9.17) is 4.74 Å². The molecule has 0 aliphatic carbocycles. The first kappa shape index (κ1) is 14.2. The molecule has 0 amide bonds. The normalized spacial score (nSPS) is 26.6. The standard InChI is InChI=1S/C16H23BrN2O/c1-3-12-10-18-8-4-5-14(18)11-19(12)13-6-7-16(20-2)15(17)9-13/h6-7,9,12,14H,3-5,8,10-11H2,1-2H3. The fourth-order valence-electron chi connectivity index (χ4n) is 3.59. The lowest BCUT2D eigenvalue weighted by Gasteiger charge is -2.45. The molecule has 1 aromatic carbocycles. The highest BCUT2D eigenvalue weighted by atomic mass is 79.9. The molecule has 3 rings (SSSR count). The third-order valence-electron chi connectivity index (χ3n) is 4.73. The zero-order chi connectivity index (χ0) is 14.1. The van der Waals surface area contributed by atoms with E-state index in [1.807, 2.05) is 0 Å². The maximum absolute atomic E-state index is 5.34. The third kappa shape index (κ3) is 2.56. The molecule has 2 fully saturated rings. The van der Waals surface area contributed by atoms with Crippen LogP contribution in [0.2, 0.25) is 0 Å². The molecule has 0 spiro atoms. The van der Waals surface area contributed by atoms with Crippen LogP contribution < -0.4 is 9.64 Å². The second-order valence-electron chi connectivity index (χ2n) is 5.82. The fourth-order valence-corrected chi connectivity index (χ4v) is 4.12. The molecule has 2 atom stereocenters. The summed E-state index contributed by atoms with van der Waals surface area (Å²) in [6.45, 7) is 5.97. The van der Waals surface area contributed by atoms with Crippen LogP contribution in [-0.2, 0) is 0 Å². The number of rotatable bonds is 3. The summed E-state index contributed by atoms with van der Waals surface area (Å²) < 4.78 is 6.38. The number of nitrogens with zero attached hydrogens (tertiary/aromatic N) is 2. The zero-order valence-electron chi connectivity index (χ0n) is 12.3. The summed E-state index contributed by atoms with van der Waals surface area (Å²) in [5.41, 5.74) is 1.32. The van der Waals surface area contributed by atoms with Crippen molar-refractivity contribution in [3.63, 3.8) is 0 Å². The number of halogens is 1.